The van der Waals surface area contributed by atoms with E-state index >= 15 is 0 Å². The summed E-state index contributed by atoms with van der Waals surface area (Å²) in [6.45, 7) is 3.48. The molecule has 0 atom stereocenters. The van der Waals surface area contributed by atoms with Crippen molar-refractivity contribution in [1.29, 1.82) is 0 Å². The van der Waals surface area contributed by atoms with Gasteiger partial charge in [-0.2, -0.15) is 0 Å². The van der Waals surface area contributed by atoms with E-state index in [0.717, 1.165) is 44.9 Å². The molecule has 334 valence electrons. The smallest absolute Gasteiger partial charge is 0.273 e. The van der Waals surface area contributed by atoms with Crippen molar-refractivity contribution in [3.63, 3.8) is 0 Å². The molecule has 2 saturated heterocycles. The number of benzene rings is 2. The van der Waals surface area contributed by atoms with Gasteiger partial charge in [-0.1, -0.05) is 31.6 Å². The van der Waals surface area contributed by atoms with Crippen molar-refractivity contribution < 1.29 is 52.0 Å². The predicted molar refractivity (Wildman–Crippen MR) is 222 cm³/mol. The molecule has 2 aliphatic heterocycles. The average Bonchev–Trinajstić information content (AvgIpc) is 3.89. The number of nitrogens with zero attached hydrogens (tertiary/aromatic N) is 3. The Kier molecular flexibility index (Phi) is 21.0. The van der Waals surface area contributed by atoms with E-state index in [1.165, 1.54) is 36.4 Å². The zero-order valence-corrected chi connectivity index (χ0v) is 32.5. The van der Waals surface area contributed by atoms with Crippen LogP contribution < -0.4 is 27.4 Å². The minimum atomic E-state index is -0.779. The van der Waals surface area contributed by atoms with Gasteiger partial charge in [0, 0.05) is 68.9 Å². The second kappa shape index (κ2) is 25.0. The molecular formula is C42H58F2N8O9. The molecule has 2 aromatic heterocycles. The summed E-state index contributed by atoms with van der Waals surface area (Å²) < 4.78 is 36.0. The van der Waals surface area contributed by atoms with Gasteiger partial charge in [-0.25, -0.2) is 8.78 Å². The number of rotatable bonds is 19. The summed E-state index contributed by atoms with van der Waals surface area (Å²) in [4.78, 5) is 58.1. The zero-order valence-electron chi connectivity index (χ0n) is 32.5. The van der Waals surface area contributed by atoms with Gasteiger partial charge in [0.1, 0.15) is 17.9 Å². The molecule has 4 heterocycles. The normalized spacial score (nSPS) is 14.4. The number of hydrogen-bond donors (Lipinski definition) is 7. The lowest BCUT2D eigenvalue weighted by atomic mass is 9.79. The number of nitrogens with one attached hydrogen (secondary N) is 3. The highest BCUT2D eigenvalue weighted by atomic mass is 19.1. The Balaban J connectivity index is 0.000000350. The Hall–Kier alpha value is -5.89. The van der Waals surface area contributed by atoms with Crippen LogP contribution >= 0.6 is 0 Å². The van der Waals surface area contributed by atoms with E-state index < -0.39 is 22.6 Å². The molecule has 4 amide bonds. The van der Waals surface area contributed by atoms with Crippen LogP contribution in [0.5, 0.6) is 0 Å². The van der Waals surface area contributed by atoms with E-state index in [9.17, 15) is 37.9 Å². The van der Waals surface area contributed by atoms with Gasteiger partial charge in [0.25, 0.3) is 11.8 Å². The maximum Gasteiger partial charge on any atom is 0.273 e. The van der Waals surface area contributed by atoms with E-state index in [2.05, 4.69) is 31.2 Å². The van der Waals surface area contributed by atoms with Crippen molar-refractivity contribution in [1.82, 2.24) is 31.2 Å². The van der Waals surface area contributed by atoms with Gasteiger partial charge in [0.15, 0.2) is 22.9 Å². The first-order chi connectivity index (χ1) is 28.3. The standard InChI is InChI=1S/C20H25FN4O4.C15H15FN2O3.C5H10N2O2.2CH4/c21-15-6-4-14(5-7-15)17-10-16(24-29-17)18(27)23-8-2-1-3-9-25-11-20(12-25,13-26)19(22)28;16-12-6-4-11(5-7-12)14-10-13(18-21-14)15(20)17-8-2-1-3-9-19;6-4(9)5(3-8)1-7-2-5;;/h4-7,10,26H,1-3,8-9,11-13H2,(H2,22,28)(H,23,27);4-7,9-10H,1-3,8H2,(H,17,20);7-8H,1-3H2,(H2,6,9);2*1H4. The van der Waals surface area contributed by atoms with Crippen LogP contribution in [0.1, 0.15) is 74.4 Å². The fourth-order valence-electron chi connectivity index (χ4n) is 5.93. The summed E-state index contributed by atoms with van der Waals surface area (Å²) in [7, 11) is 0. The number of likely N-dealkylation sites (tertiary alicyclic amines) is 1. The first kappa shape index (κ1) is 51.3. The van der Waals surface area contributed by atoms with Crippen molar-refractivity contribution in [3.8, 4) is 22.6 Å². The maximum atomic E-state index is 13.0. The minimum absolute atomic E-state index is 0. The molecule has 2 fully saturated rings. The second-order valence-corrected chi connectivity index (χ2v) is 14.3. The Morgan fingerprint density at radius 2 is 1.16 bits per heavy atom. The number of primary amides is 2. The zero-order chi connectivity index (χ0) is 42.8. The van der Waals surface area contributed by atoms with Crippen LogP contribution in [0.25, 0.3) is 22.6 Å². The molecule has 4 aromatic rings. The van der Waals surface area contributed by atoms with Gasteiger partial charge in [0.05, 0.1) is 24.0 Å². The number of nitrogens with two attached hydrogens (primary N) is 2. The Bertz CT molecular complexity index is 1970. The van der Waals surface area contributed by atoms with Gasteiger partial charge in [0.2, 0.25) is 11.8 Å². The molecule has 0 bridgehead atoms. The third-order valence-corrected chi connectivity index (χ3v) is 9.84. The molecule has 0 radical (unpaired) electrons. The molecule has 2 aromatic carbocycles. The lowest BCUT2D eigenvalue weighted by Crippen LogP contribution is -2.64. The quantitative estimate of drug-likeness (QED) is 0.0529. The number of hydrogen-bond acceptors (Lipinski definition) is 13. The van der Waals surface area contributed by atoms with Gasteiger partial charge >= 0.3 is 0 Å². The van der Waals surface area contributed by atoms with Crippen molar-refractivity contribution in [2.24, 2.45) is 22.3 Å². The maximum absolute atomic E-state index is 13.0. The lowest BCUT2D eigenvalue weighted by Gasteiger charge is -2.47. The summed E-state index contributed by atoms with van der Waals surface area (Å²) >= 11 is 0. The van der Waals surface area contributed by atoms with E-state index in [1.807, 2.05) is 0 Å². The van der Waals surface area contributed by atoms with E-state index in [4.69, 9.17) is 25.6 Å². The van der Waals surface area contributed by atoms with Gasteiger partial charge in [-0.15, -0.1) is 0 Å². The fourth-order valence-corrected chi connectivity index (χ4v) is 5.93. The average molecular weight is 857 g/mol. The number of aldehydes is 1. The fraction of sp³-hybridized carbons (Fsp3) is 0.452. The highest BCUT2D eigenvalue weighted by Crippen LogP contribution is 2.29. The van der Waals surface area contributed by atoms with E-state index in [1.54, 1.807) is 24.3 Å². The largest absolute Gasteiger partial charge is 0.395 e. The number of aliphatic hydroxyl groups is 2. The number of aliphatic hydroxyl groups excluding tert-OH is 2. The minimum Gasteiger partial charge on any atom is -0.395 e. The van der Waals surface area contributed by atoms with Crippen LogP contribution in [0.3, 0.4) is 0 Å². The van der Waals surface area contributed by atoms with E-state index in [0.29, 0.717) is 68.3 Å². The molecule has 2 aliphatic rings. The molecule has 19 heteroatoms. The number of halogens is 2. The second-order valence-electron chi connectivity index (χ2n) is 14.3. The lowest BCUT2D eigenvalue weighted by molar-refractivity contribution is -0.143. The van der Waals surface area contributed by atoms with Crippen molar-refractivity contribution in [3.05, 3.63) is 83.7 Å². The third kappa shape index (κ3) is 14.7. The predicted octanol–water partition coefficient (Wildman–Crippen LogP) is 3.07. The number of carbonyl (C=O) groups is 5. The Labute approximate surface area is 353 Å². The summed E-state index contributed by atoms with van der Waals surface area (Å²) in [6.07, 6.45) is 5.47. The molecule has 6 rings (SSSR count). The van der Waals surface area contributed by atoms with Gasteiger partial charge in [-0.05, 0) is 80.8 Å². The van der Waals surface area contributed by atoms with Crippen LogP contribution in [-0.4, -0.2) is 114 Å². The topological polar surface area (TPSA) is 269 Å². The molecule has 0 unspecified atom stereocenters. The van der Waals surface area contributed by atoms with Crippen LogP contribution in [0, 0.1) is 22.5 Å². The molecule has 0 spiro atoms. The number of unbranched alkanes of at least 4 members (excludes halogenated alkanes) is 4. The third-order valence-electron chi connectivity index (χ3n) is 9.84. The molecule has 61 heavy (non-hydrogen) atoms. The SMILES string of the molecule is C.C.NC(=O)C1(CO)CN(CCCCCNC(=O)c2cc(-c3ccc(F)cc3)on2)C1.NC(=O)C1(CO)CNC1.O=CCCCCNC(=O)c1cc(-c2ccc(F)cc2)on1. The van der Waals surface area contributed by atoms with Crippen molar-refractivity contribution >= 4 is 29.9 Å². The summed E-state index contributed by atoms with van der Waals surface area (Å²) in [6, 6.07) is 14.5. The first-order valence-electron chi connectivity index (χ1n) is 19.1. The highest BCUT2D eigenvalue weighted by molar-refractivity contribution is 5.93. The summed E-state index contributed by atoms with van der Waals surface area (Å²) in [5, 5.41) is 33.8. The monoisotopic (exact) mass is 856 g/mol. The highest BCUT2D eigenvalue weighted by Gasteiger charge is 2.47. The summed E-state index contributed by atoms with van der Waals surface area (Å²) in [5.74, 6) is -1.40. The first-order valence-corrected chi connectivity index (χ1v) is 19.1. The Morgan fingerprint density at radius 1 is 0.721 bits per heavy atom. The van der Waals surface area contributed by atoms with E-state index in [-0.39, 0.29) is 62.9 Å². The molecular weight excluding hydrogens is 799 g/mol. The summed E-state index contributed by atoms with van der Waals surface area (Å²) in [5.41, 5.74) is 10.5. The molecule has 17 nitrogen and oxygen atoms in total. The molecule has 0 saturated carbocycles. The number of aromatic nitrogens is 2. The van der Waals surface area contributed by atoms with Crippen LogP contribution in [0.4, 0.5) is 8.78 Å². The Morgan fingerprint density at radius 3 is 1.52 bits per heavy atom. The number of carbonyl (C=O) groups excluding carboxylic acids is 5. The van der Waals surface area contributed by atoms with Crippen LogP contribution in [-0.2, 0) is 14.4 Å². The van der Waals surface area contributed by atoms with Crippen molar-refractivity contribution in [2.75, 3.05) is 59.0 Å². The van der Waals surface area contributed by atoms with Crippen LogP contribution in [0.2, 0.25) is 0 Å². The van der Waals surface area contributed by atoms with Gasteiger partial charge < -0.3 is 56.4 Å². The van der Waals surface area contributed by atoms with Gasteiger partial charge in [-0.3, -0.25) is 19.2 Å². The van der Waals surface area contributed by atoms with Crippen LogP contribution in [0.15, 0.2) is 69.7 Å². The molecule has 0 aliphatic carbocycles. The molecule has 9 N–H and O–H groups in total. The number of amides is 4. The van der Waals surface area contributed by atoms with Crippen molar-refractivity contribution in [2.45, 2.75) is 53.4 Å².